The zero-order valence-corrected chi connectivity index (χ0v) is 11.3. The van der Waals surface area contributed by atoms with Gasteiger partial charge in [-0.3, -0.25) is 14.2 Å². The molecule has 7 heteroatoms. The van der Waals surface area contributed by atoms with Crippen LogP contribution in [0.3, 0.4) is 0 Å². The van der Waals surface area contributed by atoms with Crippen LogP contribution >= 0.6 is 0 Å². The third-order valence-corrected chi connectivity index (χ3v) is 2.95. The largest absolute Gasteiger partial charge is 0.396 e. The fraction of sp³-hybridized carbons (Fsp3) is 0.417. The summed E-state index contributed by atoms with van der Waals surface area (Å²) in [4.78, 5) is 12.0. The zero-order valence-electron chi connectivity index (χ0n) is 11.3. The van der Waals surface area contributed by atoms with E-state index in [1.807, 2.05) is 20.2 Å². The first-order chi connectivity index (χ1) is 9.02. The molecule has 2 rings (SSSR count). The summed E-state index contributed by atoms with van der Waals surface area (Å²) in [5.74, 6) is -0.233. The Hall–Kier alpha value is -2.31. The predicted molar refractivity (Wildman–Crippen MR) is 71.4 cm³/mol. The van der Waals surface area contributed by atoms with Crippen LogP contribution in [0.15, 0.2) is 12.4 Å². The number of hydrogen-bond donors (Lipinski definition) is 2. The smallest absolute Gasteiger partial charge is 0.271 e. The van der Waals surface area contributed by atoms with Crippen LogP contribution in [0.25, 0.3) is 0 Å². The molecule has 7 nitrogen and oxygen atoms in total. The maximum Gasteiger partial charge on any atom is 0.271 e. The standard InChI is InChI=1S/C12H18N6O/c1-4-10-8(7-17(2)16-10)5-14-12(19)11-9(13)6-15-18(11)3/h6-7H,4-5,13H2,1-3H3,(H,14,19). The Bertz CT molecular complexity index is 578. The van der Waals surface area contributed by atoms with E-state index < -0.39 is 0 Å². The van der Waals surface area contributed by atoms with Gasteiger partial charge >= 0.3 is 0 Å². The lowest BCUT2D eigenvalue weighted by atomic mass is 10.2. The van der Waals surface area contributed by atoms with Crippen molar-refractivity contribution in [3.05, 3.63) is 29.3 Å². The summed E-state index contributed by atoms with van der Waals surface area (Å²) in [7, 11) is 3.55. The van der Waals surface area contributed by atoms with Crippen molar-refractivity contribution < 1.29 is 4.79 Å². The molecule has 19 heavy (non-hydrogen) atoms. The van der Waals surface area contributed by atoms with Crippen LogP contribution in [-0.4, -0.2) is 25.5 Å². The summed E-state index contributed by atoms with van der Waals surface area (Å²) in [6, 6.07) is 0. The number of carbonyl (C=O) groups excluding carboxylic acids is 1. The molecular weight excluding hydrogens is 244 g/mol. The van der Waals surface area contributed by atoms with Crippen molar-refractivity contribution in [1.29, 1.82) is 0 Å². The van der Waals surface area contributed by atoms with Crippen molar-refractivity contribution in [2.75, 3.05) is 5.73 Å². The first kappa shape index (κ1) is 13.1. The third-order valence-electron chi connectivity index (χ3n) is 2.95. The van der Waals surface area contributed by atoms with Gasteiger partial charge in [0.25, 0.3) is 5.91 Å². The normalized spacial score (nSPS) is 10.7. The fourth-order valence-electron chi connectivity index (χ4n) is 2.02. The molecule has 0 spiro atoms. The molecule has 3 N–H and O–H groups in total. The molecule has 102 valence electrons. The monoisotopic (exact) mass is 262 g/mol. The molecule has 2 heterocycles. The minimum Gasteiger partial charge on any atom is -0.396 e. The molecule has 0 aliphatic carbocycles. The second-order valence-corrected chi connectivity index (χ2v) is 4.38. The first-order valence-electron chi connectivity index (χ1n) is 6.10. The van der Waals surface area contributed by atoms with Gasteiger partial charge in [-0.25, -0.2) is 0 Å². The van der Waals surface area contributed by atoms with Gasteiger partial charge in [0, 0.05) is 32.4 Å². The van der Waals surface area contributed by atoms with E-state index in [4.69, 9.17) is 5.73 Å². The highest BCUT2D eigenvalue weighted by Crippen LogP contribution is 2.10. The van der Waals surface area contributed by atoms with E-state index in [-0.39, 0.29) is 5.91 Å². The highest BCUT2D eigenvalue weighted by atomic mass is 16.2. The van der Waals surface area contributed by atoms with Gasteiger partial charge < -0.3 is 11.1 Å². The minimum absolute atomic E-state index is 0.233. The number of nitrogen functional groups attached to an aromatic ring is 1. The molecule has 2 aromatic rings. The predicted octanol–water partition coefficient (Wildman–Crippen LogP) is 0.228. The van der Waals surface area contributed by atoms with E-state index in [9.17, 15) is 4.79 Å². The van der Waals surface area contributed by atoms with Gasteiger partial charge in [0.05, 0.1) is 17.6 Å². The van der Waals surface area contributed by atoms with Crippen LogP contribution in [0, 0.1) is 0 Å². The van der Waals surface area contributed by atoms with Crippen molar-refractivity contribution in [3.63, 3.8) is 0 Å². The summed E-state index contributed by atoms with van der Waals surface area (Å²) in [6.45, 7) is 2.47. The number of aromatic nitrogens is 4. The molecule has 0 saturated carbocycles. The van der Waals surface area contributed by atoms with Crippen molar-refractivity contribution in [2.24, 2.45) is 14.1 Å². The first-order valence-corrected chi connectivity index (χ1v) is 6.10. The lowest BCUT2D eigenvalue weighted by Crippen LogP contribution is -2.26. The van der Waals surface area contributed by atoms with Crippen LogP contribution in [0.2, 0.25) is 0 Å². The molecule has 0 atom stereocenters. The third kappa shape index (κ3) is 2.59. The van der Waals surface area contributed by atoms with Crippen molar-refractivity contribution in [2.45, 2.75) is 19.9 Å². The Balaban J connectivity index is 2.08. The molecule has 1 amide bonds. The summed E-state index contributed by atoms with van der Waals surface area (Å²) >= 11 is 0. The van der Waals surface area contributed by atoms with Crippen molar-refractivity contribution in [3.8, 4) is 0 Å². The fourth-order valence-corrected chi connectivity index (χ4v) is 2.02. The van der Waals surface area contributed by atoms with E-state index >= 15 is 0 Å². The van der Waals surface area contributed by atoms with Gasteiger partial charge in [-0.05, 0) is 6.42 Å². The number of aryl methyl sites for hydroxylation is 3. The van der Waals surface area contributed by atoms with Gasteiger partial charge in [-0.15, -0.1) is 0 Å². The van der Waals surface area contributed by atoms with Crippen LogP contribution < -0.4 is 11.1 Å². The second kappa shape index (κ2) is 5.13. The SMILES string of the molecule is CCc1nn(C)cc1CNC(=O)c1c(N)cnn1C. The second-order valence-electron chi connectivity index (χ2n) is 4.38. The molecule has 0 unspecified atom stereocenters. The Labute approximate surface area is 111 Å². The quantitative estimate of drug-likeness (QED) is 0.825. The Morgan fingerprint density at radius 2 is 2.21 bits per heavy atom. The van der Waals surface area contributed by atoms with Crippen molar-refractivity contribution in [1.82, 2.24) is 24.9 Å². The average molecular weight is 262 g/mol. The Morgan fingerprint density at radius 1 is 1.47 bits per heavy atom. The van der Waals surface area contributed by atoms with Gasteiger partial charge in [-0.2, -0.15) is 10.2 Å². The number of nitrogens with one attached hydrogen (secondary N) is 1. The number of rotatable bonds is 4. The topological polar surface area (TPSA) is 90.8 Å². The van der Waals surface area contributed by atoms with Crippen LogP contribution in [-0.2, 0) is 27.1 Å². The van der Waals surface area contributed by atoms with Gasteiger partial charge in [0.1, 0.15) is 5.69 Å². The summed E-state index contributed by atoms with van der Waals surface area (Å²) in [5.41, 5.74) is 8.46. The van der Waals surface area contributed by atoms with E-state index in [2.05, 4.69) is 15.5 Å². The van der Waals surface area contributed by atoms with Crippen molar-refractivity contribution >= 4 is 11.6 Å². The van der Waals surface area contributed by atoms with Gasteiger partial charge in [-0.1, -0.05) is 6.92 Å². The molecule has 0 aromatic carbocycles. The number of anilines is 1. The maximum absolute atomic E-state index is 12.0. The highest BCUT2D eigenvalue weighted by molar-refractivity contribution is 5.97. The number of hydrogen-bond acceptors (Lipinski definition) is 4. The minimum atomic E-state index is -0.233. The molecule has 0 aliphatic rings. The molecule has 0 fully saturated rings. The average Bonchev–Trinajstić information content (AvgIpc) is 2.89. The van der Waals surface area contributed by atoms with E-state index in [0.717, 1.165) is 17.7 Å². The molecule has 0 radical (unpaired) electrons. The zero-order chi connectivity index (χ0) is 14.0. The molecule has 0 saturated heterocycles. The number of nitrogens with zero attached hydrogens (tertiary/aromatic N) is 4. The van der Waals surface area contributed by atoms with Crippen LogP contribution in [0.4, 0.5) is 5.69 Å². The molecular formula is C12H18N6O. The lowest BCUT2D eigenvalue weighted by molar-refractivity contribution is 0.0942. The maximum atomic E-state index is 12.0. The summed E-state index contributed by atoms with van der Waals surface area (Å²) in [6.07, 6.45) is 4.21. The van der Waals surface area contributed by atoms with Crippen LogP contribution in [0.5, 0.6) is 0 Å². The van der Waals surface area contributed by atoms with Gasteiger partial charge in [0.2, 0.25) is 0 Å². The number of carbonyl (C=O) groups is 1. The molecule has 2 aromatic heterocycles. The lowest BCUT2D eigenvalue weighted by Gasteiger charge is -2.06. The number of nitrogens with two attached hydrogens (primary N) is 1. The van der Waals surface area contributed by atoms with E-state index in [0.29, 0.717) is 17.9 Å². The van der Waals surface area contributed by atoms with Crippen LogP contribution in [0.1, 0.15) is 28.7 Å². The Morgan fingerprint density at radius 3 is 2.79 bits per heavy atom. The Kier molecular flexibility index (Phi) is 3.55. The summed E-state index contributed by atoms with van der Waals surface area (Å²) in [5, 5.41) is 11.1. The molecule has 0 bridgehead atoms. The number of amides is 1. The molecule has 0 aliphatic heterocycles. The van der Waals surface area contributed by atoms with E-state index in [1.54, 1.807) is 11.7 Å². The summed E-state index contributed by atoms with van der Waals surface area (Å²) < 4.78 is 3.22. The van der Waals surface area contributed by atoms with Gasteiger partial charge in [0.15, 0.2) is 0 Å². The highest BCUT2D eigenvalue weighted by Gasteiger charge is 2.15. The van der Waals surface area contributed by atoms with E-state index in [1.165, 1.54) is 10.9 Å².